The molecule has 1 aliphatic carbocycles. The van der Waals surface area contributed by atoms with Crippen LogP contribution in [0.4, 0.5) is 4.79 Å². The number of carboxylic acid groups (broad SMARTS) is 1. The van der Waals surface area contributed by atoms with Crippen LogP contribution in [0.5, 0.6) is 0 Å². The summed E-state index contributed by atoms with van der Waals surface area (Å²) in [5, 5.41) is 13.9. The normalized spacial score (nSPS) is 14.2. The summed E-state index contributed by atoms with van der Waals surface area (Å²) in [6.45, 7) is 1.50. The van der Waals surface area contributed by atoms with E-state index in [-0.39, 0.29) is 12.5 Å². The molecule has 0 aliphatic heterocycles. The molecule has 0 saturated carbocycles. The molecule has 8 heteroatoms. The zero-order chi connectivity index (χ0) is 21.7. The standard InChI is InChI=1S/C22H24N2O5S/c1-13(21(26)27)23-20(25)19(12-30-2)24-22(28)29-11-18-16-9-5-3-7-14(16)15-8-4-6-10-17(15)18/h3-10,13,18-19H,11-12H2,1-2H3,(H,23,25)(H,24,28)(H,26,27). The second-order valence-corrected chi connectivity index (χ2v) is 7.96. The minimum absolute atomic E-state index is 0.0805. The van der Waals surface area contributed by atoms with E-state index in [9.17, 15) is 14.4 Å². The van der Waals surface area contributed by atoms with Gasteiger partial charge in [0.15, 0.2) is 0 Å². The fraction of sp³-hybridized carbons (Fsp3) is 0.318. The van der Waals surface area contributed by atoms with Gasteiger partial charge in [-0.2, -0.15) is 11.8 Å². The highest BCUT2D eigenvalue weighted by molar-refractivity contribution is 7.98. The molecule has 0 heterocycles. The molecule has 0 aromatic heterocycles. The predicted octanol–water partition coefficient (Wildman–Crippen LogP) is 2.85. The Balaban J connectivity index is 1.65. The third kappa shape index (κ3) is 4.76. The highest BCUT2D eigenvalue weighted by Crippen LogP contribution is 2.44. The van der Waals surface area contributed by atoms with Gasteiger partial charge in [-0.05, 0) is 35.4 Å². The first-order chi connectivity index (χ1) is 14.4. The summed E-state index contributed by atoms with van der Waals surface area (Å²) in [4.78, 5) is 35.7. The number of hydrogen-bond acceptors (Lipinski definition) is 5. The molecule has 0 bridgehead atoms. The summed E-state index contributed by atoms with van der Waals surface area (Å²) in [5.74, 6) is -1.49. The van der Waals surface area contributed by atoms with Crippen molar-refractivity contribution >= 4 is 29.7 Å². The van der Waals surface area contributed by atoms with Crippen molar-refractivity contribution in [3.63, 3.8) is 0 Å². The number of carboxylic acids is 1. The molecule has 2 unspecified atom stereocenters. The zero-order valence-corrected chi connectivity index (χ0v) is 17.6. The molecule has 0 saturated heterocycles. The number of alkyl carbamates (subject to hydrolysis) is 1. The Morgan fingerprint density at radius 3 is 2.13 bits per heavy atom. The van der Waals surface area contributed by atoms with Gasteiger partial charge in [-0.25, -0.2) is 4.79 Å². The Hall–Kier alpha value is -3.00. The first kappa shape index (κ1) is 21.7. The van der Waals surface area contributed by atoms with Crippen LogP contribution in [0.25, 0.3) is 11.1 Å². The molecule has 2 aromatic rings. The molecule has 7 nitrogen and oxygen atoms in total. The predicted molar refractivity (Wildman–Crippen MR) is 116 cm³/mol. The van der Waals surface area contributed by atoms with Gasteiger partial charge >= 0.3 is 12.1 Å². The SMILES string of the molecule is CSCC(NC(=O)OCC1c2ccccc2-c2ccccc21)C(=O)NC(C)C(=O)O. The van der Waals surface area contributed by atoms with E-state index < -0.39 is 30.1 Å². The van der Waals surface area contributed by atoms with E-state index in [2.05, 4.69) is 22.8 Å². The Morgan fingerprint density at radius 2 is 1.60 bits per heavy atom. The number of carbonyl (C=O) groups is 3. The number of rotatable bonds is 8. The van der Waals surface area contributed by atoms with Crippen molar-refractivity contribution < 1.29 is 24.2 Å². The average molecular weight is 429 g/mol. The summed E-state index contributed by atoms with van der Waals surface area (Å²) in [6.07, 6.45) is 1.08. The molecule has 0 spiro atoms. The maximum absolute atomic E-state index is 12.4. The van der Waals surface area contributed by atoms with E-state index in [1.54, 1.807) is 6.26 Å². The van der Waals surface area contributed by atoms with Crippen LogP contribution in [0, 0.1) is 0 Å². The number of fused-ring (bicyclic) bond motifs is 3. The fourth-order valence-corrected chi connectivity index (χ4v) is 4.08. The average Bonchev–Trinajstić information content (AvgIpc) is 3.05. The molecule has 0 radical (unpaired) electrons. The molecule has 158 valence electrons. The van der Waals surface area contributed by atoms with E-state index >= 15 is 0 Å². The van der Waals surface area contributed by atoms with Gasteiger partial charge in [-0.3, -0.25) is 9.59 Å². The number of thioether (sulfide) groups is 1. The number of nitrogens with one attached hydrogen (secondary N) is 2. The van der Waals surface area contributed by atoms with Crippen LogP contribution < -0.4 is 10.6 Å². The molecule has 2 amide bonds. The van der Waals surface area contributed by atoms with Crippen LogP contribution in [0.3, 0.4) is 0 Å². The van der Waals surface area contributed by atoms with Crippen LogP contribution in [0.1, 0.15) is 24.0 Å². The summed E-state index contributed by atoms with van der Waals surface area (Å²) in [5.41, 5.74) is 4.45. The number of hydrogen-bond donors (Lipinski definition) is 3. The van der Waals surface area contributed by atoms with Gasteiger partial charge in [-0.15, -0.1) is 0 Å². The number of aliphatic carboxylic acids is 1. The lowest BCUT2D eigenvalue weighted by molar-refractivity contribution is -0.141. The number of carbonyl (C=O) groups excluding carboxylic acids is 2. The molecule has 0 fully saturated rings. The molecule has 1 aliphatic rings. The highest BCUT2D eigenvalue weighted by Gasteiger charge is 2.30. The monoisotopic (exact) mass is 428 g/mol. The topological polar surface area (TPSA) is 105 Å². The lowest BCUT2D eigenvalue weighted by atomic mass is 9.98. The Labute approximate surface area is 179 Å². The number of benzene rings is 2. The van der Waals surface area contributed by atoms with E-state index in [0.29, 0.717) is 5.75 Å². The van der Waals surface area contributed by atoms with Gasteiger partial charge in [0.25, 0.3) is 0 Å². The van der Waals surface area contributed by atoms with E-state index in [0.717, 1.165) is 22.3 Å². The maximum atomic E-state index is 12.4. The molecule has 3 N–H and O–H groups in total. The second kappa shape index (κ2) is 9.67. The minimum Gasteiger partial charge on any atom is -0.480 e. The van der Waals surface area contributed by atoms with E-state index in [4.69, 9.17) is 9.84 Å². The lowest BCUT2D eigenvalue weighted by Crippen LogP contribution is -2.52. The Kier molecular flexibility index (Phi) is 6.99. The third-order valence-corrected chi connectivity index (χ3v) is 5.68. The maximum Gasteiger partial charge on any atom is 0.407 e. The van der Waals surface area contributed by atoms with Crippen molar-refractivity contribution in [1.82, 2.24) is 10.6 Å². The minimum atomic E-state index is -1.15. The van der Waals surface area contributed by atoms with E-state index in [1.807, 2.05) is 36.4 Å². The van der Waals surface area contributed by atoms with Gasteiger partial charge in [0, 0.05) is 11.7 Å². The van der Waals surface area contributed by atoms with Gasteiger partial charge in [-0.1, -0.05) is 48.5 Å². The number of ether oxygens (including phenoxy) is 1. The van der Waals surface area contributed by atoms with Crippen molar-refractivity contribution in [1.29, 1.82) is 0 Å². The van der Waals surface area contributed by atoms with Crippen molar-refractivity contribution in [2.24, 2.45) is 0 Å². The highest BCUT2D eigenvalue weighted by atomic mass is 32.2. The second-order valence-electron chi connectivity index (χ2n) is 7.05. The van der Waals surface area contributed by atoms with Gasteiger partial charge in [0.1, 0.15) is 18.7 Å². The molecular weight excluding hydrogens is 404 g/mol. The van der Waals surface area contributed by atoms with Gasteiger partial charge < -0.3 is 20.5 Å². The molecule has 2 aromatic carbocycles. The smallest absolute Gasteiger partial charge is 0.407 e. The zero-order valence-electron chi connectivity index (χ0n) is 16.8. The largest absolute Gasteiger partial charge is 0.480 e. The fourth-order valence-electron chi connectivity index (χ4n) is 3.51. The summed E-state index contributed by atoms with van der Waals surface area (Å²) in [7, 11) is 0. The van der Waals surface area contributed by atoms with Crippen LogP contribution in [-0.2, 0) is 14.3 Å². The molecule has 2 atom stereocenters. The van der Waals surface area contributed by atoms with Gasteiger partial charge in [0.2, 0.25) is 5.91 Å². The van der Waals surface area contributed by atoms with Crippen molar-refractivity contribution in [3.8, 4) is 11.1 Å². The van der Waals surface area contributed by atoms with Crippen molar-refractivity contribution in [2.45, 2.75) is 24.9 Å². The number of amides is 2. The van der Waals surface area contributed by atoms with E-state index in [1.165, 1.54) is 18.7 Å². The summed E-state index contributed by atoms with van der Waals surface area (Å²) in [6, 6.07) is 14.1. The lowest BCUT2D eigenvalue weighted by Gasteiger charge is -2.20. The third-order valence-electron chi connectivity index (χ3n) is 5.01. The van der Waals surface area contributed by atoms with Crippen LogP contribution >= 0.6 is 11.8 Å². The Morgan fingerprint density at radius 1 is 1.03 bits per heavy atom. The molecule has 3 rings (SSSR count). The molecular formula is C22H24N2O5S. The first-order valence-electron chi connectivity index (χ1n) is 9.56. The van der Waals surface area contributed by atoms with Crippen molar-refractivity contribution in [3.05, 3.63) is 59.7 Å². The van der Waals surface area contributed by atoms with Gasteiger partial charge in [0.05, 0.1) is 0 Å². The summed E-state index contributed by atoms with van der Waals surface area (Å²) >= 11 is 1.36. The van der Waals surface area contributed by atoms with Crippen LogP contribution in [-0.4, -0.2) is 53.8 Å². The molecule has 30 heavy (non-hydrogen) atoms. The Bertz CT molecular complexity index is 903. The summed E-state index contributed by atoms with van der Waals surface area (Å²) < 4.78 is 5.46. The first-order valence-corrected chi connectivity index (χ1v) is 11.0. The van der Waals surface area contributed by atoms with Crippen LogP contribution in [0.2, 0.25) is 0 Å². The van der Waals surface area contributed by atoms with Crippen LogP contribution in [0.15, 0.2) is 48.5 Å². The quantitative estimate of drug-likeness (QED) is 0.597. The van der Waals surface area contributed by atoms with Crippen molar-refractivity contribution in [2.75, 3.05) is 18.6 Å².